The number of aromatic nitrogens is 2. The minimum absolute atomic E-state index is 0.798. The lowest BCUT2D eigenvalue weighted by atomic mass is 10.1. The first-order valence-electron chi connectivity index (χ1n) is 4.58. The Morgan fingerprint density at radius 1 is 1.33 bits per heavy atom. The molecule has 15 heavy (non-hydrogen) atoms. The molecule has 3 rings (SSSR count). The fourth-order valence-corrected chi connectivity index (χ4v) is 2.94. The number of halogens is 1. The summed E-state index contributed by atoms with van der Waals surface area (Å²) in [6.07, 6.45) is 0.999. The van der Waals surface area contributed by atoms with Crippen LogP contribution in [0.1, 0.15) is 5.56 Å². The Morgan fingerprint density at radius 2 is 2.27 bits per heavy atom. The van der Waals surface area contributed by atoms with Crippen LogP contribution in [0, 0.1) is 3.01 Å². The van der Waals surface area contributed by atoms with Crippen molar-refractivity contribution in [3.63, 3.8) is 0 Å². The molecule has 1 aromatic heterocycles. The van der Waals surface area contributed by atoms with Crippen molar-refractivity contribution in [2.75, 3.05) is 6.61 Å². The molecule has 0 spiro atoms. The Hall–Kier alpha value is -0.690. The van der Waals surface area contributed by atoms with E-state index in [2.05, 4.69) is 38.9 Å². The van der Waals surface area contributed by atoms with Crippen LogP contribution in [0.3, 0.4) is 0 Å². The molecule has 2 aromatic rings. The Labute approximate surface area is 105 Å². The monoisotopic (exact) mass is 330 g/mol. The van der Waals surface area contributed by atoms with Gasteiger partial charge in [0.05, 0.1) is 6.61 Å². The summed E-state index contributed by atoms with van der Waals surface area (Å²) in [6.45, 7) is 0.798. The molecule has 1 aromatic carbocycles. The fraction of sp³-hybridized carbons (Fsp3) is 0.200. The van der Waals surface area contributed by atoms with Crippen LogP contribution in [0.5, 0.6) is 5.75 Å². The van der Waals surface area contributed by atoms with Gasteiger partial charge in [0.15, 0.2) is 3.01 Å². The van der Waals surface area contributed by atoms with E-state index in [4.69, 9.17) is 4.74 Å². The molecule has 0 radical (unpaired) electrons. The summed E-state index contributed by atoms with van der Waals surface area (Å²) in [7, 11) is 0. The molecule has 0 unspecified atom stereocenters. The zero-order valence-corrected chi connectivity index (χ0v) is 10.7. The number of hydrogen-bond donors (Lipinski definition) is 0. The van der Waals surface area contributed by atoms with Gasteiger partial charge in [-0.3, -0.25) is 0 Å². The van der Waals surface area contributed by atoms with E-state index >= 15 is 0 Å². The van der Waals surface area contributed by atoms with E-state index in [1.165, 1.54) is 5.56 Å². The van der Waals surface area contributed by atoms with Gasteiger partial charge in [-0.25, -0.2) is 0 Å². The predicted octanol–water partition coefficient (Wildman–Crippen LogP) is 2.74. The van der Waals surface area contributed by atoms with E-state index < -0.39 is 0 Å². The van der Waals surface area contributed by atoms with Crippen molar-refractivity contribution in [2.24, 2.45) is 0 Å². The zero-order valence-electron chi connectivity index (χ0n) is 7.74. The maximum Gasteiger partial charge on any atom is 0.178 e. The van der Waals surface area contributed by atoms with E-state index in [0.717, 1.165) is 32.4 Å². The van der Waals surface area contributed by atoms with Crippen LogP contribution >= 0.6 is 33.9 Å². The summed E-state index contributed by atoms with van der Waals surface area (Å²) in [4.78, 5) is 0. The van der Waals surface area contributed by atoms with Gasteiger partial charge in [-0.2, -0.15) is 0 Å². The summed E-state index contributed by atoms with van der Waals surface area (Å²) in [5.74, 6) is 1.01. The predicted molar refractivity (Wildman–Crippen MR) is 67.3 cm³/mol. The highest BCUT2D eigenvalue weighted by atomic mass is 127. The quantitative estimate of drug-likeness (QED) is 0.754. The van der Waals surface area contributed by atoms with Crippen LogP contribution in [0.4, 0.5) is 0 Å². The maximum atomic E-state index is 5.46. The number of ether oxygens (including phenoxy) is 1. The Kier molecular flexibility index (Phi) is 2.36. The lowest BCUT2D eigenvalue weighted by Gasteiger charge is -1.99. The molecule has 3 nitrogen and oxygen atoms in total. The van der Waals surface area contributed by atoms with Gasteiger partial charge in [-0.15, -0.1) is 10.2 Å². The number of nitrogens with zero attached hydrogens (tertiary/aromatic N) is 2. The molecule has 0 saturated heterocycles. The van der Waals surface area contributed by atoms with Crippen LogP contribution in [-0.4, -0.2) is 16.8 Å². The van der Waals surface area contributed by atoms with Gasteiger partial charge < -0.3 is 4.74 Å². The van der Waals surface area contributed by atoms with E-state index in [1.807, 2.05) is 12.1 Å². The molecule has 0 aliphatic carbocycles. The lowest BCUT2D eigenvalue weighted by Crippen LogP contribution is -1.85. The van der Waals surface area contributed by atoms with Gasteiger partial charge in [0.2, 0.25) is 0 Å². The summed E-state index contributed by atoms with van der Waals surface area (Å²) in [6, 6.07) is 6.21. The van der Waals surface area contributed by atoms with Crippen molar-refractivity contribution in [1.82, 2.24) is 10.2 Å². The Balaban J connectivity index is 2.06. The highest BCUT2D eigenvalue weighted by molar-refractivity contribution is 14.1. The summed E-state index contributed by atoms with van der Waals surface area (Å²) in [5.41, 5.74) is 2.41. The van der Waals surface area contributed by atoms with Crippen LogP contribution in [0.15, 0.2) is 18.2 Å². The Bertz CT molecular complexity index is 512. The molecular formula is C10H7IN2OS. The van der Waals surface area contributed by atoms with Crippen LogP contribution in [0.2, 0.25) is 0 Å². The van der Waals surface area contributed by atoms with Crippen molar-refractivity contribution in [3.05, 3.63) is 26.8 Å². The second kappa shape index (κ2) is 3.71. The van der Waals surface area contributed by atoms with Crippen molar-refractivity contribution in [2.45, 2.75) is 6.42 Å². The molecule has 1 aliphatic heterocycles. The largest absolute Gasteiger partial charge is 0.493 e. The molecule has 0 fully saturated rings. The molecule has 76 valence electrons. The fourth-order valence-electron chi connectivity index (χ4n) is 1.64. The third kappa shape index (κ3) is 1.74. The second-order valence-corrected chi connectivity index (χ2v) is 6.01. The summed E-state index contributed by atoms with van der Waals surface area (Å²) < 4.78 is 6.43. The molecular weight excluding hydrogens is 323 g/mol. The van der Waals surface area contributed by atoms with E-state index in [9.17, 15) is 0 Å². The van der Waals surface area contributed by atoms with E-state index in [0.29, 0.717) is 0 Å². The van der Waals surface area contributed by atoms with Crippen molar-refractivity contribution >= 4 is 33.9 Å². The Morgan fingerprint density at radius 3 is 3.07 bits per heavy atom. The zero-order chi connectivity index (χ0) is 10.3. The first-order valence-corrected chi connectivity index (χ1v) is 6.47. The first-order chi connectivity index (χ1) is 7.33. The lowest BCUT2D eigenvalue weighted by molar-refractivity contribution is 0.357. The van der Waals surface area contributed by atoms with Gasteiger partial charge in [-0.05, 0) is 46.4 Å². The average molecular weight is 330 g/mol. The summed E-state index contributed by atoms with van der Waals surface area (Å²) >= 11 is 3.79. The number of rotatable bonds is 1. The molecule has 0 bridgehead atoms. The van der Waals surface area contributed by atoms with E-state index in [1.54, 1.807) is 11.3 Å². The van der Waals surface area contributed by atoms with Crippen LogP contribution < -0.4 is 4.74 Å². The molecule has 0 amide bonds. The molecule has 2 heterocycles. The molecule has 1 aliphatic rings. The highest BCUT2D eigenvalue weighted by Crippen LogP contribution is 2.31. The van der Waals surface area contributed by atoms with Crippen LogP contribution in [-0.2, 0) is 6.42 Å². The van der Waals surface area contributed by atoms with Gasteiger partial charge in [0.1, 0.15) is 10.8 Å². The van der Waals surface area contributed by atoms with Crippen molar-refractivity contribution < 1.29 is 4.74 Å². The highest BCUT2D eigenvalue weighted by Gasteiger charge is 2.14. The average Bonchev–Trinajstić information content (AvgIpc) is 2.84. The van der Waals surface area contributed by atoms with Gasteiger partial charge >= 0.3 is 0 Å². The van der Waals surface area contributed by atoms with Crippen molar-refractivity contribution in [1.29, 1.82) is 0 Å². The minimum atomic E-state index is 0.798. The van der Waals surface area contributed by atoms with Crippen molar-refractivity contribution in [3.8, 4) is 16.3 Å². The molecule has 0 atom stereocenters. The topological polar surface area (TPSA) is 35.0 Å². The van der Waals surface area contributed by atoms with E-state index in [-0.39, 0.29) is 0 Å². The maximum absolute atomic E-state index is 5.46. The smallest absolute Gasteiger partial charge is 0.178 e. The molecule has 5 heteroatoms. The standard InChI is InChI=1S/C10H7IN2OS/c11-10-13-12-9(15-10)7-1-2-8-6(5-7)3-4-14-8/h1-2,5H,3-4H2. The SMILES string of the molecule is Ic1nnc(-c2ccc3c(c2)CCO3)s1. The molecule has 0 saturated carbocycles. The second-order valence-electron chi connectivity index (χ2n) is 3.28. The third-order valence-electron chi connectivity index (χ3n) is 2.34. The normalized spacial score (nSPS) is 13.7. The van der Waals surface area contributed by atoms with Gasteiger partial charge in [-0.1, -0.05) is 11.3 Å². The van der Waals surface area contributed by atoms with Gasteiger partial charge in [0.25, 0.3) is 0 Å². The van der Waals surface area contributed by atoms with Gasteiger partial charge in [0, 0.05) is 12.0 Å². The number of fused-ring (bicyclic) bond motifs is 1. The molecule has 0 N–H and O–H groups in total. The minimum Gasteiger partial charge on any atom is -0.493 e. The third-order valence-corrected chi connectivity index (χ3v) is 3.97. The first kappa shape index (κ1) is 9.53. The number of benzene rings is 1. The number of hydrogen-bond acceptors (Lipinski definition) is 4. The summed E-state index contributed by atoms with van der Waals surface area (Å²) in [5, 5.41) is 9.12. The van der Waals surface area contributed by atoms with Crippen LogP contribution in [0.25, 0.3) is 10.6 Å².